The first-order chi connectivity index (χ1) is 10.2. The molecule has 2 heterocycles. The molecule has 1 fully saturated rings. The van der Waals surface area contributed by atoms with Crippen molar-refractivity contribution in [2.45, 2.75) is 0 Å². The molecule has 0 aliphatic carbocycles. The molecule has 0 saturated carbocycles. The molecule has 21 heavy (non-hydrogen) atoms. The third kappa shape index (κ3) is 2.68. The number of thiocarbonyl (C=S) groups is 1. The summed E-state index contributed by atoms with van der Waals surface area (Å²) in [5.74, 6) is 0.512. The van der Waals surface area contributed by atoms with Crippen molar-refractivity contribution < 1.29 is 9.53 Å². The topological polar surface area (TPSA) is 41.6 Å². The van der Waals surface area contributed by atoms with Gasteiger partial charge in [0.1, 0.15) is 11.4 Å². The lowest BCUT2D eigenvalue weighted by Crippen LogP contribution is -2.30. The molecule has 1 amide bonds. The molecule has 4 nitrogen and oxygen atoms in total. The number of ether oxygens (including phenoxy) is 1. The fourth-order valence-electron chi connectivity index (χ4n) is 2.04. The van der Waals surface area contributed by atoms with Gasteiger partial charge in [-0.15, -0.1) is 0 Å². The second-order valence-corrected chi connectivity index (χ2v) is 5.55. The molecule has 1 aromatic heterocycles. The molecule has 0 atom stereocenters. The molecular formula is C15H12N2O2S2. The molecule has 1 aliphatic heterocycles. The number of hydrogen-bond donors (Lipinski definition) is 1. The maximum atomic E-state index is 12.5. The van der Waals surface area contributed by atoms with Crippen LogP contribution in [0.3, 0.4) is 0 Å². The maximum absolute atomic E-state index is 12.5. The summed E-state index contributed by atoms with van der Waals surface area (Å²) in [6.07, 6.45) is 1.80. The number of benzene rings is 1. The van der Waals surface area contributed by atoms with Crippen molar-refractivity contribution in [2.24, 2.45) is 0 Å². The van der Waals surface area contributed by atoms with E-state index in [-0.39, 0.29) is 5.91 Å². The van der Waals surface area contributed by atoms with E-state index in [9.17, 15) is 4.79 Å². The number of anilines is 1. The predicted molar refractivity (Wildman–Crippen MR) is 88.5 cm³/mol. The molecule has 3 rings (SSSR count). The lowest BCUT2D eigenvalue weighted by Gasteiger charge is -2.14. The predicted octanol–water partition coefficient (Wildman–Crippen LogP) is 3.02. The van der Waals surface area contributed by atoms with Gasteiger partial charge in [-0.1, -0.05) is 6.07 Å². The van der Waals surface area contributed by atoms with Gasteiger partial charge in [-0.25, -0.2) is 0 Å². The Morgan fingerprint density at radius 3 is 2.95 bits per heavy atom. The zero-order chi connectivity index (χ0) is 14.8. The molecule has 0 bridgehead atoms. The minimum Gasteiger partial charge on any atom is -0.497 e. The minimum atomic E-state index is -0.167. The van der Waals surface area contributed by atoms with Gasteiger partial charge in [0.25, 0.3) is 5.91 Å². The first-order valence-corrected chi connectivity index (χ1v) is 7.57. The zero-order valence-electron chi connectivity index (χ0n) is 11.2. The minimum absolute atomic E-state index is 0.167. The van der Waals surface area contributed by atoms with Crippen LogP contribution in [-0.2, 0) is 4.79 Å². The number of carbonyl (C=O) groups excluding carboxylic acids is 1. The molecule has 2 aromatic rings. The lowest BCUT2D eigenvalue weighted by molar-refractivity contribution is -0.113. The maximum Gasteiger partial charge on any atom is 0.281 e. The van der Waals surface area contributed by atoms with E-state index < -0.39 is 0 Å². The first-order valence-electron chi connectivity index (χ1n) is 6.22. The average molecular weight is 316 g/mol. The van der Waals surface area contributed by atoms with Crippen LogP contribution in [0.4, 0.5) is 5.69 Å². The van der Waals surface area contributed by atoms with Crippen LogP contribution in [0.1, 0.15) is 5.56 Å². The highest BCUT2D eigenvalue weighted by Crippen LogP contribution is 2.26. The summed E-state index contributed by atoms with van der Waals surface area (Å²) < 4.78 is 5.18. The van der Waals surface area contributed by atoms with Crippen LogP contribution in [0.25, 0.3) is 6.08 Å². The van der Waals surface area contributed by atoms with E-state index in [2.05, 4.69) is 5.32 Å². The van der Waals surface area contributed by atoms with E-state index in [0.29, 0.717) is 22.2 Å². The number of rotatable bonds is 3. The second kappa shape index (κ2) is 5.67. The highest BCUT2D eigenvalue weighted by molar-refractivity contribution is 7.80. The van der Waals surface area contributed by atoms with Gasteiger partial charge in [0.05, 0.1) is 12.8 Å². The van der Waals surface area contributed by atoms with E-state index in [1.807, 2.05) is 35.0 Å². The van der Waals surface area contributed by atoms with E-state index in [1.54, 1.807) is 30.6 Å². The van der Waals surface area contributed by atoms with Gasteiger partial charge in [0.15, 0.2) is 5.11 Å². The van der Waals surface area contributed by atoms with E-state index in [1.165, 1.54) is 4.90 Å². The molecular weight excluding hydrogens is 304 g/mol. The Morgan fingerprint density at radius 2 is 2.24 bits per heavy atom. The van der Waals surface area contributed by atoms with Gasteiger partial charge < -0.3 is 10.1 Å². The van der Waals surface area contributed by atoms with Crippen molar-refractivity contribution >= 4 is 46.3 Å². The Kier molecular flexibility index (Phi) is 3.72. The first kappa shape index (κ1) is 13.8. The molecule has 6 heteroatoms. The highest BCUT2D eigenvalue weighted by Gasteiger charge is 2.32. The standard InChI is InChI=1S/C15H12N2O2S2/c1-19-12-4-2-3-11(8-12)17-14(18)13(16-15(17)20)7-10-5-6-21-9-10/h2-9H,1H3,(H,16,20). The summed E-state index contributed by atoms with van der Waals surface area (Å²) in [5, 5.41) is 7.26. The summed E-state index contributed by atoms with van der Waals surface area (Å²) >= 11 is 6.85. The van der Waals surface area contributed by atoms with Crippen LogP contribution < -0.4 is 15.0 Å². The van der Waals surface area contributed by atoms with Crippen LogP contribution in [0.2, 0.25) is 0 Å². The summed E-state index contributed by atoms with van der Waals surface area (Å²) in [5.41, 5.74) is 2.14. The van der Waals surface area contributed by atoms with Crippen molar-refractivity contribution in [2.75, 3.05) is 12.0 Å². The Hall–Kier alpha value is -2.18. The molecule has 0 radical (unpaired) electrons. The van der Waals surface area contributed by atoms with Crippen molar-refractivity contribution in [1.29, 1.82) is 0 Å². The van der Waals surface area contributed by atoms with Gasteiger partial charge in [-0.2, -0.15) is 11.3 Å². The fraction of sp³-hybridized carbons (Fsp3) is 0.0667. The van der Waals surface area contributed by atoms with Crippen LogP contribution in [0.15, 0.2) is 46.8 Å². The summed E-state index contributed by atoms with van der Waals surface area (Å²) in [7, 11) is 1.59. The molecule has 1 aliphatic rings. The van der Waals surface area contributed by atoms with E-state index >= 15 is 0 Å². The van der Waals surface area contributed by atoms with Gasteiger partial charge in [-0.05, 0) is 52.8 Å². The molecule has 1 aromatic carbocycles. The normalized spacial score (nSPS) is 16.4. The lowest BCUT2D eigenvalue weighted by atomic mass is 10.2. The number of amides is 1. The number of hydrogen-bond acceptors (Lipinski definition) is 4. The summed E-state index contributed by atoms with van der Waals surface area (Å²) in [6.45, 7) is 0. The van der Waals surface area contributed by atoms with Gasteiger partial charge in [0, 0.05) is 6.07 Å². The Balaban J connectivity index is 1.93. The van der Waals surface area contributed by atoms with E-state index in [4.69, 9.17) is 17.0 Å². The number of nitrogens with zero attached hydrogens (tertiary/aromatic N) is 1. The van der Waals surface area contributed by atoms with Crippen molar-refractivity contribution in [3.05, 3.63) is 52.4 Å². The molecule has 0 unspecified atom stereocenters. The summed E-state index contributed by atoms with van der Waals surface area (Å²) in [6, 6.07) is 9.19. The third-order valence-corrected chi connectivity index (χ3v) is 4.03. The third-order valence-electron chi connectivity index (χ3n) is 3.04. The van der Waals surface area contributed by atoms with Gasteiger partial charge >= 0.3 is 0 Å². The van der Waals surface area contributed by atoms with E-state index in [0.717, 1.165) is 5.56 Å². The van der Waals surface area contributed by atoms with Gasteiger partial charge in [-0.3, -0.25) is 9.69 Å². The van der Waals surface area contributed by atoms with Crippen LogP contribution in [-0.4, -0.2) is 18.1 Å². The monoisotopic (exact) mass is 316 g/mol. The number of carbonyl (C=O) groups is 1. The Morgan fingerprint density at radius 1 is 1.38 bits per heavy atom. The fourth-order valence-corrected chi connectivity index (χ4v) is 2.96. The Labute approximate surface area is 131 Å². The summed E-state index contributed by atoms with van der Waals surface area (Å²) in [4.78, 5) is 14.0. The highest BCUT2D eigenvalue weighted by atomic mass is 32.1. The van der Waals surface area contributed by atoms with Crippen molar-refractivity contribution in [3.63, 3.8) is 0 Å². The molecule has 106 valence electrons. The largest absolute Gasteiger partial charge is 0.497 e. The smallest absolute Gasteiger partial charge is 0.281 e. The number of thiophene rings is 1. The van der Waals surface area contributed by atoms with Crippen molar-refractivity contribution in [1.82, 2.24) is 5.32 Å². The number of methoxy groups -OCH3 is 1. The molecule has 1 saturated heterocycles. The second-order valence-electron chi connectivity index (χ2n) is 4.39. The average Bonchev–Trinajstić information content (AvgIpc) is 3.08. The van der Waals surface area contributed by atoms with Gasteiger partial charge in [0.2, 0.25) is 0 Å². The quantitative estimate of drug-likeness (QED) is 0.698. The van der Waals surface area contributed by atoms with Crippen LogP contribution in [0.5, 0.6) is 5.75 Å². The molecule has 0 spiro atoms. The van der Waals surface area contributed by atoms with Crippen LogP contribution in [0, 0.1) is 0 Å². The molecule has 1 N–H and O–H groups in total. The SMILES string of the molecule is COc1cccc(N2C(=O)C(=Cc3ccsc3)NC2=S)c1. The van der Waals surface area contributed by atoms with Crippen molar-refractivity contribution in [3.8, 4) is 5.75 Å². The van der Waals surface area contributed by atoms with Crippen LogP contribution >= 0.6 is 23.6 Å². The Bertz CT molecular complexity index is 723. The zero-order valence-corrected chi connectivity index (χ0v) is 12.8. The number of nitrogens with one attached hydrogen (secondary N) is 1.